The Morgan fingerprint density at radius 3 is 1.00 bits per heavy atom. The van der Waals surface area contributed by atoms with Crippen LogP contribution in [0.15, 0.2) is 54.9 Å². The van der Waals surface area contributed by atoms with Gasteiger partial charge in [0.1, 0.15) is 0 Å². The van der Waals surface area contributed by atoms with Gasteiger partial charge in [-0.2, -0.15) is 0 Å². The summed E-state index contributed by atoms with van der Waals surface area (Å²) in [6.07, 6.45) is 3.50. The molecule has 0 aliphatic rings. The maximum Gasteiger partial charge on any atom is 0.0267 e. The van der Waals surface area contributed by atoms with Gasteiger partial charge in [-0.1, -0.05) is 83.0 Å². The summed E-state index contributed by atoms with van der Waals surface area (Å²) in [6, 6.07) is 14.2. The number of rotatable bonds is 0. The highest BCUT2D eigenvalue weighted by molar-refractivity contribution is 5.19. The Bertz CT molecular complexity index is 290. The number of benzene rings is 1. The Labute approximate surface area is 127 Å². The Balaban J connectivity index is -0.000000215. The van der Waals surface area contributed by atoms with Gasteiger partial charge in [0.2, 0.25) is 0 Å². The SMILES string of the molecule is CC.CC.CC.Cc1ccc(C)cc1.c1ccncc1. The van der Waals surface area contributed by atoms with Crippen molar-refractivity contribution in [1.29, 1.82) is 0 Å². The van der Waals surface area contributed by atoms with Crippen LogP contribution < -0.4 is 0 Å². The molecule has 1 nitrogen and oxygen atoms in total. The van der Waals surface area contributed by atoms with E-state index in [1.807, 2.05) is 59.7 Å². The van der Waals surface area contributed by atoms with E-state index in [9.17, 15) is 0 Å². The molecule has 0 amide bonds. The van der Waals surface area contributed by atoms with Crippen LogP contribution in [0.1, 0.15) is 52.7 Å². The molecule has 0 unspecified atom stereocenters. The first-order valence-electron chi connectivity index (χ1n) is 7.67. The molecule has 0 bridgehead atoms. The lowest BCUT2D eigenvalue weighted by Gasteiger charge is -1.90. The first-order valence-corrected chi connectivity index (χ1v) is 7.67. The van der Waals surface area contributed by atoms with Crippen LogP contribution in [0.3, 0.4) is 0 Å². The average Bonchev–Trinajstić information content (AvgIpc) is 2.58. The molecule has 0 aliphatic carbocycles. The summed E-state index contributed by atoms with van der Waals surface area (Å²) >= 11 is 0. The molecule has 0 N–H and O–H groups in total. The van der Waals surface area contributed by atoms with Gasteiger partial charge in [0.15, 0.2) is 0 Å². The fourth-order valence-corrected chi connectivity index (χ4v) is 0.949. The van der Waals surface area contributed by atoms with E-state index in [1.54, 1.807) is 12.4 Å². The summed E-state index contributed by atoms with van der Waals surface area (Å²) < 4.78 is 0. The predicted molar refractivity (Wildman–Crippen MR) is 94.2 cm³/mol. The predicted octanol–water partition coefficient (Wildman–Crippen LogP) is 6.46. The van der Waals surface area contributed by atoms with Crippen LogP contribution in [0, 0.1) is 13.8 Å². The Hall–Kier alpha value is -1.63. The van der Waals surface area contributed by atoms with E-state index in [-0.39, 0.29) is 0 Å². The van der Waals surface area contributed by atoms with E-state index < -0.39 is 0 Å². The first-order chi connectivity index (χ1) is 9.79. The Morgan fingerprint density at radius 1 is 0.550 bits per heavy atom. The Kier molecular flexibility index (Phi) is 26.4. The lowest BCUT2D eigenvalue weighted by atomic mass is 10.2. The fourth-order valence-electron chi connectivity index (χ4n) is 0.949. The molecule has 1 aromatic carbocycles. The second-order valence-electron chi connectivity index (χ2n) is 3.18. The van der Waals surface area contributed by atoms with Gasteiger partial charge in [-0.05, 0) is 26.0 Å². The third-order valence-electron chi connectivity index (χ3n) is 1.78. The zero-order valence-corrected chi connectivity index (χ0v) is 14.6. The maximum atomic E-state index is 3.78. The number of nitrogens with zero attached hydrogens (tertiary/aromatic N) is 1. The highest BCUT2D eigenvalue weighted by Gasteiger charge is 1.79. The molecule has 1 aromatic heterocycles. The summed E-state index contributed by atoms with van der Waals surface area (Å²) in [5, 5.41) is 0. The summed E-state index contributed by atoms with van der Waals surface area (Å²) in [5.41, 5.74) is 2.66. The zero-order valence-electron chi connectivity index (χ0n) is 14.6. The van der Waals surface area contributed by atoms with E-state index in [1.165, 1.54) is 11.1 Å². The summed E-state index contributed by atoms with van der Waals surface area (Å²) in [5.74, 6) is 0. The van der Waals surface area contributed by atoms with Crippen molar-refractivity contribution in [2.45, 2.75) is 55.4 Å². The average molecular weight is 275 g/mol. The van der Waals surface area contributed by atoms with Crippen LogP contribution in [0.25, 0.3) is 0 Å². The number of hydrogen-bond acceptors (Lipinski definition) is 1. The molecule has 2 aromatic rings. The van der Waals surface area contributed by atoms with Crippen molar-refractivity contribution in [1.82, 2.24) is 4.98 Å². The molecule has 0 radical (unpaired) electrons. The van der Waals surface area contributed by atoms with E-state index in [0.717, 1.165) is 0 Å². The van der Waals surface area contributed by atoms with Gasteiger partial charge >= 0.3 is 0 Å². The third kappa shape index (κ3) is 18.7. The van der Waals surface area contributed by atoms with Gasteiger partial charge in [0.25, 0.3) is 0 Å². The molecular formula is C19H33N. The van der Waals surface area contributed by atoms with E-state index in [2.05, 4.69) is 43.1 Å². The van der Waals surface area contributed by atoms with Crippen molar-refractivity contribution in [3.8, 4) is 0 Å². The molecule has 0 saturated carbocycles. The minimum Gasteiger partial charge on any atom is -0.265 e. The van der Waals surface area contributed by atoms with Crippen molar-refractivity contribution in [3.05, 3.63) is 66.0 Å². The molecule has 0 aliphatic heterocycles. The summed E-state index contributed by atoms with van der Waals surface area (Å²) in [4.78, 5) is 3.78. The zero-order chi connectivity index (χ0) is 16.2. The Morgan fingerprint density at radius 2 is 0.850 bits per heavy atom. The van der Waals surface area contributed by atoms with Gasteiger partial charge in [0, 0.05) is 12.4 Å². The first kappa shape index (κ1) is 23.5. The number of aryl methyl sites for hydroxylation is 2. The van der Waals surface area contributed by atoms with Crippen molar-refractivity contribution >= 4 is 0 Å². The van der Waals surface area contributed by atoms with Gasteiger partial charge in [-0.3, -0.25) is 4.98 Å². The third-order valence-corrected chi connectivity index (χ3v) is 1.78. The quantitative estimate of drug-likeness (QED) is 0.537. The molecule has 20 heavy (non-hydrogen) atoms. The fraction of sp³-hybridized carbons (Fsp3) is 0.421. The molecular weight excluding hydrogens is 242 g/mol. The van der Waals surface area contributed by atoms with Crippen LogP contribution in [0.4, 0.5) is 0 Å². The normalized spacial score (nSPS) is 7.00. The summed E-state index contributed by atoms with van der Waals surface area (Å²) in [6.45, 7) is 16.2. The van der Waals surface area contributed by atoms with Crippen molar-refractivity contribution < 1.29 is 0 Å². The van der Waals surface area contributed by atoms with Gasteiger partial charge in [-0.25, -0.2) is 0 Å². The number of hydrogen-bond donors (Lipinski definition) is 0. The maximum absolute atomic E-state index is 3.78. The molecule has 0 fully saturated rings. The topological polar surface area (TPSA) is 12.9 Å². The smallest absolute Gasteiger partial charge is 0.0267 e. The van der Waals surface area contributed by atoms with E-state index >= 15 is 0 Å². The van der Waals surface area contributed by atoms with Crippen molar-refractivity contribution in [2.24, 2.45) is 0 Å². The highest BCUT2D eigenvalue weighted by Crippen LogP contribution is 1.99. The molecule has 0 spiro atoms. The van der Waals surface area contributed by atoms with Gasteiger partial charge in [-0.15, -0.1) is 0 Å². The van der Waals surface area contributed by atoms with Crippen LogP contribution in [-0.4, -0.2) is 4.98 Å². The largest absolute Gasteiger partial charge is 0.265 e. The summed E-state index contributed by atoms with van der Waals surface area (Å²) in [7, 11) is 0. The van der Waals surface area contributed by atoms with Crippen LogP contribution >= 0.6 is 0 Å². The minimum atomic E-state index is 1.33. The molecule has 114 valence electrons. The molecule has 0 saturated heterocycles. The monoisotopic (exact) mass is 275 g/mol. The second kappa shape index (κ2) is 22.5. The minimum absolute atomic E-state index is 1.33. The molecule has 1 heteroatoms. The van der Waals surface area contributed by atoms with Crippen molar-refractivity contribution in [3.63, 3.8) is 0 Å². The van der Waals surface area contributed by atoms with Crippen LogP contribution in [0.5, 0.6) is 0 Å². The molecule has 2 rings (SSSR count). The van der Waals surface area contributed by atoms with Crippen molar-refractivity contribution in [2.75, 3.05) is 0 Å². The highest BCUT2D eigenvalue weighted by atomic mass is 14.6. The second-order valence-corrected chi connectivity index (χ2v) is 3.18. The van der Waals surface area contributed by atoms with Crippen LogP contribution in [-0.2, 0) is 0 Å². The lowest BCUT2D eigenvalue weighted by Crippen LogP contribution is -1.70. The van der Waals surface area contributed by atoms with Gasteiger partial charge < -0.3 is 0 Å². The molecule has 0 atom stereocenters. The lowest BCUT2D eigenvalue weighted by molar-refractivity contribution is 1.33. The number of aromatic nitrogens is 1. The standard InChI is InChI=1S/C8H10.C5H5N.3C2H6/c1-7-3-5-8(2)6-4-7;1-2-4-6-5-3-1;3*1-2/h3-6H,1-2H3;1-5H;3*1-2H3. The van der Waals surface area contributed by atoms with E-state index in [0.29, 0.717) is 0 Å². The van der Waals surface area contributed by atoms with E-state index in [4.69, 9.17) is 0 Å². The van der Waals surface area contributed by atoms with Crippen LogP contribution in [0.2, 0.25) is 0 Å². The molecule has 1 heterocycles. The van der Waals surface area contributed by atoms with Gasteiger partial charge in [0.05, 0.1) is 0 Å². The number of pyridine rings is 1.